The Morgan fingerprint density at radius 1 is 0.923 bits per heavy atom. The largest absolute Gasteiger partial charge is 0.448 e. The maximum atomic E-state index is 10.7. The Balaban J connectivity index is 0.000000236. The topological polar surface area (TPSA) is 52.6 Å². The van der Waals surface area contributed by atoms with Crippen LogP contribution in [-0.4, -0.2) is 24.1 Å². The molecule has 4 heteroatoms. The fourth-order valence-electron chi connectivity index (χ4n) is 0.636. The van der Waals surface area contributed by atoms with Crippen LogP contribution in [0.1, 0.15) is 33.1 Å². The van der Waals surface area contributed by atoms with Crippen LogP contribution in [0.15, 0.2) is 0 Å². The summed E-state index contributed by atoms with van der Waals surface area (Å²) in [6, 6.07) is 0. The summed E-state index contributed by atoms with van der Waals surface area (Å²) in [6.07, 6.45) is 3.01. The summed E-state index contributed by atoms with van der Waals surface area (Å²) in [4.78, 5) is 21.3. The van der Waals surface area contributed by atoms with Gasteiger partial charge in [-0.3, -0.25) is 0 Å². The molecule has 1 aliphatic heterocycles. The van der Waals surface area contributed by atoms with Gasteiger partial charge in [-0.15, -0.1) is 0 Å². The van der Waals surface area contributed by atoms with Crippen LogP contribution in [-0.2, 0) is 19.1 Å². The van der Waals surface area contributed by atoms with E-state index in [9.17, 15) is 9.59 Å². The van der Waals surface area contributed by atoms with Gasteiger partial charge in [-0.1, -0.05) is 19.3 Å². The van der Waals surface area contributed by atoms with Crippen LogP contribution in [0.4, 0.5) is 0 Å². The number of rotatable bonds is 0. The predicted molar refractivity (Wildman–Crippen MR) is 45.0 cm³/mol. The molecule has 13 heavy (non-hydrogen) atoms. The monoisotopic (exact) mass is 186 g/mol. The zero-order chi connectivity index (χ0) is 9.84. The zero-order valence-corrected chi connectivity index (χ0v) is 7.91. The van der Waals surface area contributed by atoms with E-state index in [0.717, 1.165) is 0 Å². The van der Waals surface area contributed by atoms with E-state index in [0.29, 0.717) is 0 Å². The van der Waals surface area contributed by atoms with Crippen molar-refractivity contribution >= 4 is 11.9 Å². The van der Waals surface area contributed by atoms with Gasteiger partial charge >= 0.3 is 11.9 Å². The number of ether oxygens (including phenoxy) is 2. The third kappa shape index (κ3) is 3.44. The Hall–Kier alpha value is -1.06. The Kier molecular flexibility index (Phi) is 3.28. The molecule has 0 amide bonds. The summed E-state index contributed by atoms with van der Waals surface area (Å²) >= 11 is 0. The number of carbonyl (C=O) groups excluding carboxylic acids is 2. The van der Waals surface area contributed by atoms with Gasteiger partial charge in [0.25, 0.3) is 0 Å². The molecule has 0 N–H and O–H groups in total. The molecular weight excluding hydrogens is 172 g/mol. The van der Waals surface area contributed by atoms with Crippen molar-refractivity contribution < 1.29 is 19.1 Å². The molecule has 2 fully saturated rings. The van der Waals surface area contributed by atoms with Crippen molar-refractivity contribution in [3.05, 3.63) is 0 Å². The highest BCUT2D eigenvalue weighted by Gasteiger charge is 2.32. The first-order chi connectivity index (χ1) is 6.11. The molecule has 2 aliphatic rings. The molecule has 1 saturated carbocycles. The lowest BCUT2D eigenvalue weighted by molar-refractivity contribution is -0.191. The maximum Gasteiger partial charge on any atom is 0.347 e. The number of esters is 2. The standard InChI is InChI=1S/C6H8O4.C3H6/c1-3-5(7)10-4(2)6(8)9-3;1-2-3-1/h3-4H,1-2H3;1-3H2. The molecule has 1 aliphatic carbocycles. The highest BCUT2D eigenvalue weighted by Crippen LogP contribution is 2.14. The molecule has 1 saturated heterocycles. The zero-order valence-electron chi connectivity index (χ0n) is 7.91. The number of carbonyl (C=O) groups is 2. The van der Waals surface area contributed by atoms with Crippen molar-refractivity contribution in [1.82, 2.24) is 0 Å². The van der Waals surface area contributed by atoms with Crippen molar-refractivity contribution in [3.8, 4) is 0 Å². The average Bonchev–Trinajstić information content (AvgIpc) is 2.86. The van der Waals surface area contributed by atoms with E-state index in [1.54, 1.807) is 0 Å². The SMILES string of the molecule is C1CC1.CC1OC(=O)C(C)OC1=O. The van der Waals surface area contributed by atoms with Crippen molar-refractivity contribution in [2.45, 2.75) is 45.3 Å². The van der Waals surface area contributed by atoms with Gasteiger partial charge in [0.2, 0.25) is 0 Å². The van der Waals surface area contributed by atoms with Gasteiger partial charge in [0.1, 0.15) is 0 Å². The molecule has 74 valence electrons. The van der Waals surface area contributed by atoms with Crippen LogP contribution in [0.25, 0.3) is 0 Å². The lowest BCUT2D eigenvalue weighted by Gasteiger charge is -2.22. The molecule has 0 aromatic heterocycles. The lowest BCUT2D eigenvalue weighted by Crippen LogP contribution is -2.40. The summed E-state index contributed by atoms with van der Waals surface area (Å²) in [5.41, 5.74) is 0. The first-order valence-electron chi connectivity index (χ1n) is 4.52. The average molecular weight is 186 g/mol. The van der Waals surface area contributed by atoms with Crippen LogP contribution < -0.4 is 0 Å². The van der Waals surface area contributed by atoms with Crippen molar-refractivity contribution in [2.24, 2.45) is 0 Å². The number of hydrogen-bond acceptors (Lipinski definition) is 4. The first-order valence-corrected chi connectivity index (χ1v) is 4.52. The van der Waals surface area contributed by atoms with Crippen molar-refractivity contribution in [2.75, 3.05) is 0 Å². The summed E-state index contributed by atoms with van der Waals surface area (Å²) in [5.74, 6) is -0.959. The quantitative estimate of drug-likeness (QED) is 0.530. The predicted octanol–water partition coefficient (Wildman–Crippen LogP) is 1.03. The molecule has 0 radical (unpaired) electrons. The van der Waals surface area contributed by atoms with Gasteiger partial charge in [0, 0.05) is 0 Å². The molecule has 2 unspecified atom stereocenters. The number of cyclic esters (lactones) is 2. The van der Waals surface area contributed by atoms with Crippen molar-refractivity contribution in [3.63, 3.8) is 0 Å². The number of hydrogen-bond donors (Lipinski definition) is 0. The normalized spacial score (nSPS) is 30.9. The van der Waals surface area contributed by atoms with Crippen LogP contribution in [0, 0.1) is 0 Å². The maximum absolute atomic E-state index is 10.7. The van der Waals surface area contributed by atoms with E-state index in [1.807, 2.05) is 0 Å². The van der Waals surface area contributed by atoms with Gasteiger partial charge in [0.05, 0.1) is 0 Å². The smallest absolute Gasteiger partial charge is 0.347 e. The van der Waals surface area contributed by atoms with Gasteiger partial charge in [-0.05, 0) is 13.8 Å². The summed E-state index contributed by atoms with van der Waals surface area (Å²) in [6.45, 7) is 2.96. The third-order valence-corrected chi connectivity index (χ3v) is 1.60. The molecule has 2 atom stereocenters. The minimum absolute atomic E-state index is 0.480. The molecule has 0 aromatic carbocycles. The molecular formula is C9H14O4. The highest BCUT2D eigenvalue weighted by molar-refractivity contribution is 5.86. The molecule has 2 rings (SSSR count). The van der Waals surface area contributed by atoms with Crippen LogP contribution in [0.2, 0.25) is 0 Å². The van der Waals surface area contributed by atoms with Crippen molar-refractivity contribution in [1.29, 1.82) is 0 Å². The summed E-state index contributed by atoms with van der Waals surface area (Å²) in [7, 11) is 0. The Bertz CT molecular complexity index is 187. The molecule has 1 heterocycles. The molecule has 4 nitrogen and oxygen atoms in total. The second-order valence-electron chi connectivity index (χ2n) is 3.22. The minimum atomic E-state index is -0.747. The van der Waals surface area contributed by atoms with Crippen LogP contribution in [0.3, 0.4) is 0 Å². The summed E-state index contributed by atoms with van der Waals surface area (Å²) < 4.78 is 9.19. The van der Waals surface area contributed by atoms with Gasteiger partial charge < -0.3 is 9.47 Å². The lowest BCUT2D eigenvalue weighted by atomic mass is 10.3. The van der Waals surface area contributed by atoms with Crippen LogP contribution >= 0.6 is 0 Å². The molecule has 0 spiro atoms. The van der Waals surface area contributed by atoms with E-state index >= 15 is 0 Å². The van der Waals surface area contributed by atoms with Gasteiger partial charge in [-0.25, -0.2) is 9.59 Å². The van der Waals surface area contributed by atoms with E-state index in [1.165, 1.54) is 33.1 Å². The fraction of sp³-hybridized carbons (Fsp3) is 0.778. The van der Waals surface area contributed by atoms with E-state index < -0.39 is 24.1 Å². The molecule has 0 bridgehead atoms. The second-order valence-corrected chi connectivity index (χ2v) is 3.22. The minimum Gasteiger partial charge on any atom is -0.448 e. The van der Waals surface area contributed by atoms with Gasteiger partial charge in [-0.2, -0.15) is 0 Å². The Morgan fingerprint density at radius 2 is 1.23 bits per heavy atom. The van der Waals surface area contributed by atoms with E-state index in [2.05, 4.69) is 9.47 Å². The fourth-order valence-corrected chi connectivity index (χ4v) is 0.636. The Labute approximate surface area is 77.2 Å². The first kappa shape index (κ1) is 10.0. The second kappa shape index (κ2) is 4.25. The van der Waals surface area contributed by atoms with E-state index in [4.69, 9.17) is 0 Å². The van der Waals surface area contributed by atoms with Gasteiger partial charge in [0.15, 0.2) is 12.2 Å². The Morgan fingerprint density at radius 3 is 1.46 bits per heavy atom. The van der Waals surface area contributed by atoms with Crippen LogP contribution in [0.5, 0.6) is 0 Å². The highest BCUT2D eigenvalue weighted by atomic mass is 16.6. The molecule has 0 aromatic rings. The van der Waals surface area contributed by atoms with E-state index in [-0.39, 0.29) is 0 Å². The third-order valence-electron chi connectivity index (χ3n) is 1.60. The summed E-state index contributed by atoms with van der Waals surface area (Å²) in [5, 5.41) is 0.